The number of ether oxygens (including phenoxy) is 1. The number of nitrogens with one attached hydrogen (secondary N) is 1. The highest BCUT2D eigenvalue weighted by Crippen LogP contribution is 2.35. The summed E-state index contributed by atoms with van der Waals surface area (Å²) in [6, 6.07) is 23.5. The zero-order valence-corrected chi connectivity index (χ0v) is 24.7. The smallest absolute Gasteiger partial charge is 0.275 e. The normalized spacial score (nSPS) is 17.4. The van der Waals surface area contributed by atoms with E-state index in [9.17, 15) is 14.7 Å². The number of benzene rings is 3. The number of hydrogen-bond donors (Lipinski definition) is 2. The first-order chi connectivity index (χ1) is 20.8. The van der Waals surface area contributed by atoms with Gasteiger partial charge in [0.1, 0.15) is 11.8 Å². The molecule has 2 heterocycles. The van der Waals surface area contributed by atoms with E-state index in [4.69, 9.17) is 4.74 Å². The predicted octanol–water partition coefficient (Wildman–Crippen LogP) is 4.75. The Morgan fingerprint density at radius 1 is 1.07 bits per heavy atom. The molecule has 3 atom stereocenters. The van der Waals surface area contributed by atoms with Crippen LogP contribution >= 0.6 is 0 Å². The van der Waals surface area contributed by atoms with Gasteiger partial charge in [-0.15, -0.1) is 0 Å². The van der Waals surface area contributed by atoms with Gasteiger partial charge in [-0.25, -0.2) is 4.98 Å². The number of aromatic nitrogens is 2. The number of para-hydroxylation sites is 1. The average Bonchev–Trinajstić information content (AvgIpc) is 3.03. The zero-order chi connectivity index (χ0) is 30.3. The lowest BCUT2D eigenvalue weighted by atomic mass is 9.98. The van der Waals surface area contributed by atoms with E-state index < -0.39 is 5.91 Å². The van der Waals surface area contributed by atoms with Gasteiger partial charge in [-0.2, -0.15) is 0 Å². The van der Waals surface area contributed by atoms with Gasteiger partial charge in [-0.1, -0.05) is 67.6 Å². The molecular formula is C34H37N5O4. The molecule has 0 aliphatic carbocycles. The molecule has 2 N–H and O–H groups in total. The van der Waals surface area contributed by atoms with E-state index in [1.165, 1.54) is 35.3 Å². The third-order valence-corrected chi connectivity index (χ3v) is 7.74. The van der Waals surface area contributed by atoms with Crippen molar-refractivity contribution in [3.8, 4) is 16.9 Å². The molecule has 3 aromatic carbocycles. The minimum atomic E-state index is -0.458. The molecule has 0 spiro atoms. The minimum Gasteiger partial charge on any atom is -0.486 e. The van der Waals surface area contributed by atoms with Crippen molar-refractivity contribution in [1.29, 1.82) is 0 Å². The number of fused-ring (bicyclic) bond motifs is 1. The molecule has 222 valence electrons. The van der Waals surface area contributed by atoms with Crippen molar-refractivity contribution in [3.05, 3.63) is 108 Å². The van der Waals surface area contributed by atoms with Crippen LogP contribution in [-0.2, 0) is 6.54 Å². The molecule has 1 aliphatic heterocycles. The van der Waals surface area contributed by atoms with Gasteiger partial charge in [0.15, 0.2) is 5.75 Å². The van der Waals surface area contributed by atoms with Crippen LogP contribution in [0.25, 0.3) is 11.1 Å². The van der Waals surface area contributed by atoms with Gasteiger partial charge < -0.3 is 20.1 Å². The fraction of sp³-hybridized carbons (Fsp3) is 0.294. The second-order valence-electron chi connectivity index (χ2n) is 11.1. The number of hydrogen-bond acceptors (Lipinski definition) is 7. The molecular weight excluding hydrogens is 542 g/mol. The highest BCUT2D eigenvalue weighted by Gasteiger charge is 2.34. The third-order valence-electron chi connectivity index (χ3n) is 7.74. The largest absolute Gasteiger partial charge is 0.486 e. The molecule has 0 unspecified atom stereocenters. The van der Waals surface area contributed by atoms with Crippen LogP contribution in [0.4, 0.5) is 5.69 Å². The van der Waals surface area contributed by atoms with E-state index in [2.05, 4.69) is 56.6 Å². The van der Waals surface area contributed by atoms with Crippen LogP contribution in [0.5, 0.6) is 5.75 Å². The number of amides is 2. The number of likely N-dealkylation sites (N-methyl/N-ethyl adjacent to an activating group) is 1. The van der Waals surface area contributed by atoms with Gasteiger partial charge in [0.25, 0.3) is 11.8 Å². The van der Waals surface area contributed by atoms with Gasteiger partial charge in [-0.05, 0) is 42.8 Å². The van der Waals surface area contributed by atoms with E-state index in [-0.39, 0.29) is 36.3 Å². The maximum absolute atomic E-state index is 13.7. The first-order valence-electron chi connectivity index (χ1n) is 14.5. The van der Waals surface area contributed by atoms with Crippen molar-refractivity contribution in [3.63, 3.8) is 0 Å². The number of aliphatic hydroxyl groups is 1. The van der Waals surface area contributed by atoms with E-state index in [0.717, 1.165) is 0 Å². The van der Waals surface area contributed by atoms with Gasteiger partial charge >= 0.3 is 0 Å². The van der Waals surface area contributed by atoms with Crippen LogP contribution in [0.15, 0.2) is 91.4 Å². The molecule has 2 amide bonds. The van der Waals surface area contributed by atoms with Crippen LogP contribution in [-0.4, -0.2) is 75.6 Å². The molecule has 1 aliphatic rings. The average molecular weight is 580 g/mol. The van der Waals surface area contributed by atoms with Gasteiger partial charge in [0, 0.05) is 37.9 Å². The molecule has 4 aromatic rings. The fourth-order valence-electron chi connectivity index (χ4n) is 5.28. The Bertz CT molecular complexity index is 1530. The van der Waals surface area contributed by atoms with E-state index in [1.807, 2.05) is 39.1 Å². The predicted molar refractivity (Wildman–Crippen MR) is 166 cm³/mol. The van der Waals surface area contributed by atoms with Crippen LogP contribution < -0.4 is 10.1 Å². The summed E-state index contributed by atoms with van der Waals surface area (Å²) in [5, 5.41) is 12.8. The number of carbonyl (C=O) groups is 2. The second-order valence-corrected chi connectivity index (χ2v) is 11.1. The van der Waals surface area contributed by atoms with Crippen molar-refractivity contribution in [2.75, 3.05) is 32.1 Å². The Labute approximate surface area is 252 Å². The SMILES string of the molecule is C[C@H]1CN([C@@H](C)CO)C(=O)c2cccc(NC(=O)c3cnccn3)c2O[C@H]1CN(C)Cc1ccc(-c2ccccc2)cc1. The topological polar surface area (TPSA) is 108 Å². The molecule has 0 saturated heterocycles. The lowest BCUT2D eigenvalue weighted by Gasteiger charge is -2.38. The quantitative estimate of drug-likeness (QED) is 0.295. The summed E-state index contributed by atoms with van der Waals surface area (Å²) in [4.78, 5) is 38.7. The summed E-state index contributed by atoms with van der Waals surface area (Å²) >= 11 is 0. The summed E-state index contributed by atoms with van der Waals surface area (Å²) in [7, 11) is 2.04. The molecule has 43 heavy (non-hydrogen) atoms. The van der Waals surface area contributed by atoms with E-state index >= 15 is 0 Å². The number of nitrogens with zero attached hydrogens (tertiary/aromatic N) is 4. The van der Waals surface area contributed by atoms with Crippen molar-refractivity contribution < 1.29 is 19.4 Å². The molecule has 9 heteroatoms. The minimum absolute atomic E-state index is 0.0715. The molecule has 1 aromatic heterocycles. The monoisotopic (exact) mass is 579 g/mol. The molecule has 9 nitrogen and oxygen atoms in total. The van der Waals surface area contributed by atoms with Crippen LogP contribution in [0.3, 0.4) is 0 Å². The molecule has 0 saturated carbocycles. The first kappa shape index (κ1) is 29.9. The molecule has 0 bridgehead atoms. The summed E-state index contributed by atoms with van der Waals surface area (Å²) < 4.78 is 6.63. The zero-order valence-electron chi connectivity index (χ0n) is 24.7. The van der Waals surface area contributed by atoms with Crippen molar-refractivity contribution >= 4 is 17.5 Å². The maximum atomic E-state index is 13.7. The van der Waals surface area contributed by atoms with Gasteiger partial charge in [0.05, 0.1) is 30.1 Å². The summed E-state index contributed by atoms with van der Waals surface area (Å²) in [5.74, 6) is -0.486. The number of carbonyl (C=O) groups excluding carboxylic acids is 2. The Kier molecular flexibility index (Phi) is 9.44. The second kappa shape index (κ2) is 13.6. The summed E-state index contributed by atoms with van der Waals surface area (Å²) in [6.45, 7) is 5.40. The molecule has 0 fully saturated rings. The molecule has 5 rings (SSSR count). The Morgan fingerprint density at radius 2 is 1.81 bits per heavy atom. The number of rotatable bonds is 9. The Hall–Kier alpha value is -4.60. The fourth-order valence-corrected chi connectivity index (χ4v) is 5.28. The Morgan fingerprint density at radius 3 is 2.51 bits per heavy atom. The highest BCUT2D eigenvalue weighted by molar-refractivity contribution is 6.06. The maximum Gasteiger partial charge on any atom is 0.275 e. The van der Waals surface area contributed by atoms with Crippen molar-refractivity contribution in [1.82, 2.24) is 19.8 Å². The Balaban J connectivity index is 1.39. The van der Waals surface area contributed by atoms with Crippen LogP contribution in [0.1, 0.15) is 40.3 Å². The van der Waals surface area contributed by atoms with Gasteiger partial charge in [0.2, 0.25) is 0 Å². The van der Waals surface area contributed by atoms with E-state index in [1.54, 1.807) is 23.1 Å². The standard InChI is InChI=1S/C34H37N5O4/c1-23-19-39(24(2)22-40)34(42)28-10-7-11-29(37-33(41)30-18-35-16-17-36-30)32(28)43-31(23)21-38(3)20-25-12-14-27(15-13-25)26-8-5-4-6-9-26/h4-18,23-24,31,40H,19-22H2,1-3H3,(H,37,41)/t23-,24-,31-/m0/s1. The first-order valence-corrected chi connectivity index (χ1v) is 14.5. The highest BCUT2D eigenvalue weighted by atomic mass is 16.5. The third kappa shape index (κ3) is 7.07. The van der Waals surface area contributed by atoms with Gasteiger partial charge in [-0.3, -0.25) is 19.5 Å². The lowest BCUT2D eigenvalue weighted by Crippen LogP contribution is -2.49. The van der Waals surface area contributed by atoms with Crippen LogP contribution in [0, 0.1) is 5.92 Å². The molecule has 0 radical (unpaired) electrons. The van der Waals surface area contributed by atoms with Crippen molar-refractivity contribution in [2.24, 2.45) is 5.92 Å². The summed E-state index contributed by atoms with van der Waals surface area (Å²) in [6.07, 6.45) is 4.00. The number of anilines is 1. The van der Waals surface area contributed by atoms with Crippen molar-refractivity contribution in [2.45, 2.75) is 32.5 Å². The number of aliphatic hydroxyl groups excluding tert-OH is 1. The van der Waals surface area contributed by atoms with Crippen LogP contribution in [0.2, 0.25) is 0 Å². The summed E-state index contributed by atoms with van der Waals surface area (Å²) in [5.41, 5.74) is 4.36. The lowest BCUT2D eigenvalue weighted by molar-refractivity contribution is 0.0343. The van der Waals surface area contributed by atoms with E-state index in [0.29, 0.717) is 36.6 Å².